The number of likely N-dealkylation sites (N-methyl/N-ethyl adjacent to an activating group) is 1. The fraction of sp³-hybridized carbons (Fsp3) is 0.150. The zero-order chi connectivity index (χ0) is 16.2. The van der Waals surface area contributed by atoms with E-state index in [1.54, 1.807) is 4.90 Å². The van der Waals surface area contributed by atoms with Crippen LogP contribution in [0.2, 0.25) is 5.02 Å². The third-order valence-corrected chi connectivity index (χ3v) is 4.19. The van der Waals surface area contributed by atoms with Crippen molar-refractivity contribution in [3.8, 4) is 0 Å². The van der Waals surface area contributed by atoms with Crippen molar-refractivity contribution in [3.05, 3.63) is 82.9 Å². The van der Waals surface area contributed by atoms with Crippen LogP contribution in [0.1, 0.15) is 11.1 Å². The third-order valence-electron chi connectivity index (χ3n) is 3.96. The molecule has 0 spiro atoms. The lowest BCUT2D eigenvalue weighted by Gasteiger charge is -2.18. The molecule has 3 heteroatoms. The predicted molar refractivity (Wildman–Crippen MR) is 95.6 cm³/mol. The lowest BCUT2D eigenvalue weighted by atomic mass is 10.0. The van der Waals surface area contributed by atoms with Gasteiger partial charge in [-0.15, -0.1) is 0 Å². The lowest BCUT2D eigenvalue weighted by Crippen LogP contribution is -2.27. The Morgan fingerprint density at radius 3 is 2.57 bits per heavy atom. The molecule has 0 bridgehead atoms. The van der Waals surface area contributed by atoms with Crippen LogP contribution in [0, 0.1) is 0 Å². The van der Waals surface area contributed by atoms with Crippen molar-refractivity contribution >= 4 is 28.3 Å². The van der Waals surface area contributed by atoms with Gasteiger partial charge in [0.25, 0.3) is 0 Å². The predicted octanol–water partition coefficient (Wildman–Crippen LogP) is 4.69. The molecule has 116 valence electrons. The molecule has 3 rings (SSSR count). The number of rotatable bonds is 4. The second kappa shape index (κ2) is 6.84. The first kappa shape index (κ1) is 15.6. The molecule has 2 nitrogen and oxygen atoms in total. The number of nitrogens with zero attached hydrogens (tertiary/aromatic N) is 1. The van der Waals surface area contributed by atoms with Crippen molar-refractivity contribution in [1.82, 2.24) is 4.90 Å². The molecule has 0 saturated heterocycles. The zero-order valence-electron chi connectivity index (χ0n) is 13.0. The summed E-state index contributed by atoms with van der Waals surface area (Å²) in [4.78, 5) is 14.3. The maximum absolute atomic E-state index is 12.5. The molecule has 0 aliphatic carbocycles. The van der Waals surface area contributed by atoms with E-state index in [0.29, 0.717) is 18.0 Å². The first-order chi connectivity index (χ1) is 11.1. The quantitative estimate of drug-likeness (QED) is 0.682. The summed E-state index contributed by atoms with van der Waals surface area (Å²) < 4.78 is 0. The maximum Gasteiger partial charge on any atom is 0.227 e. The van der Waals surface area contributed by atoms with Crippen molar-refractivity contribution in [1.29, 1.82) is 0 Å². The number of halogens is 1. The van der Waals surface area contributed by atoms with E-state index in [2.05, 4.69) is 18.2 Å². The normalized spacial score (nSPS) is 10.7. The Hall–Kier alpha value is -2.32. The summed E-state index contributed by atoms with van der Waals surface area (Å²) in [5.74, 6) is 0.0985. The summed E-state index contributed by atoms with van der Waals surface area (Å²) in [5.41, 5.74) is 2.09. The number of carbonyl (C=O) groups is 1. The summed E-state index contributed by atoms with van der Waals surface area (Å²) in [7, 11) is 1.83. The number of amides is 1. The highest BCUT2D eigenvalue weighted by Gasteiger charge is 2.12. The number of fused-ring (bicyclic) bond motifs is 1. The average molecular weight is 324 g/mol. The van der Waals surface area contributed by atoms with Crippen molar-refractivity contribution in [3.63, 3.8) is 0 Å². The van der Waals surface area contributed by atoms with E-state index in [1.807, 2.05) is 55.6 Å². The van der Waals surface area contributed by atoms with E-state index < -0.39 is 0 Å². The van der Waals surface area contributed by atoms with E-state index in [-0.39, 0.29) is 5.91 Å². The molecule has 0 unspecified atom stereocenters. The van der Waals surface area contributed by atoms with E-state index in [1.165, 1.54) is 0 Å². The number of hydrogen-bond acceptors (Lipinski definition) is 1. The van der Waals surface area contributed by atoms with Gasteiger partial charge in [-0.2, -0.15) is 0 Å². The Kier molecular flexibility index (Phi) is 4.63. The van der Waals surface area contributed by atoms with Gasteiger partial charge in [-0.1, -0.05) is 66.2 Å². The minimum absolute atomic E-state index is 0.0985. The molecule has 3 aromatic rings. The van der Waals surface area contributed by atoms with Crippen LogP contribution in [0.5, 0.6) is 0 Å². The first-order valence-corrected chi connectivity index (χ1v) is 7.96. The van der Waals surface area contributed by atoms with Gasteiger partial charge in [-0.05, 0) is 34.0 Å². The monoisotopic (exact) mass is 323 g/mol. The summed E-state index contributed by atoms with van der Waals surface area (Å²) in [6.07, 6.45) is 0.401. The molecule has 0 fully saturated rings. The van der Waals surface area contributed by atoms with Crippen LogP contribution in [0.15, 0.2) is 66.7 Å². The highest BCUT2D eigenvalue weighted by Crippen LogP contribution is 2.20. The van der Waals surface area contributed by atoms with Crippen LogP contribution >= 0.6 is 11.6 Å². The molecule has 0 aliphatic heterocycles. The summed E-state index contributed by atoms with van der Waals surface area (Å²) in [6.45, 7) is 0.560. The second-order valence-electron chi connectivity index (χ2n) is 5.69. The number of carbonyl (C=O) groups excluding carboxylic acids is 1. The second-order valence-corrected chi connectivity index (χ2v) is 6.13. The molecule has 23 heavy (non-hydrogen) atoms. The van der Waals surface area contributed by atoms with Crippen LogP contribution in [-0.4, -0.2) is 17.9 Å². The van der Waals surface area contributed by atoms with Gasteiger partial charge in [0, 0.05) is 18.6 Å². The van der Waals surface area contributed by atoms with Crippen molar-refractivity contribution < 1.29 is 4.79 Å². The van der Waals surface area contributed by atoms with Gasteiger partial charge in [-0.25, -0.2) is 0 Å². The first-order valence-electron chi connectivity index (χ1n) is 7.58. The number of benzene rings is 3. The average Bonchev–Trinajstić information content (AvgIpc) is 2.55. The minimum atomic E-state index is 0.0985. The van der Waals surface area contributed by atoms with Gasteiger partial charge in [0.1, 0.15) is 0 Å². The molecule has 0 aromatic heterocycles. The van der Waals surface area contributed by atoms with Gasteiger partial charge in [0.05, 0.1) is 6.42 Å². The fourth-order valence-corrected chi connectivity index (χ4v) is 2.95. The molecular weight excluding hydrogens is 306 g/mol. The van der Waals surface area contributed by atoms with Crippen molar-refractivity contribution in [2.75, 3.05) is 7.05 Å². The van der Waals surface area contributed by atoms with E-state index in [4.69, 9.17) is 11.6 Å². The van der Waals surface area contributed by atoms with E-state index in [9.17, 15) is 4.79 Å². The highest BCUT2D eigenvalue weighted by atomic mass is 35.5. The van der Waals surface area contributed by atoms with Gasteiger partial charge < -0.3 is 4.90 Å². The SMILES string of the molecule is CN(Cc1cccc(Cl)c1)C(=O)Cc1cccc2ccccc12. The van der Waals surface area contributed by atoms with Crippen molar-refractivity contribution in [2.45, 2.75) is 13.0 Å². The smallest absolute Gasteiger partial charge is 0.227 e. The van der Waals surface area contributed by atoms with Gasteiger partial charge in [-0.3, -0.25) is 4.79 Å². The summed E-state index contributed by atoms with van der Waals surface area (Å²) in [5, 5.41) is 2.99. The molecule has 0 atom stereocenters. The highest BCUT2D eigenvalue weighted by molar-refractivity contribution is 6.30. The molecular formula is C20H18ClNO. The molecule has 3 aromatic carbocycles. The number of hydrogen-bond donors (Lipinski definition) is 0. The maximum atomic E-state index is 12.5. The third kappa shape index (κ3) is 3.72. The Bertz CT molecular complexity index is 838. The van der Waals surface area contributed by atoms with Gasteiger partial charge in [0.15, 0.2) is 0 Å². The van der Waals surface area contributed by atoms with Gasteiger partial charge >= 0.3 is 0 Å². The van der Waals surface area contributed by atoms with Gasteiger partial charge in [0.2, 0.25) is 5.91 Å². The van der Waals surface area contributed by atoms with Crippen LogP contribution in [0.3, 0.4) is 0 Å². The van der Waals surface area contributed by atoms with Crippen LogP contribution in [-0.2, 0) is 17.8 Å². The minimum Gasteiger partial charge on any atom is -0.341 e. The molecule has 0 saturated carbocycles. The Morgan fingerprint density at radius 1 is 1.00 bits per heavy atom. The van der Waals surface area contributed by atoms with E-state index >= 15 is 0 Å². The van der Waals surface area contributed by atoms with E-state index in [0.717, 1.165) is 21.9 Å². The topological polar surface area (TPSA) is 20.3 Å². The molecule has 0 radical (unpaired) electrons. The molecule has 1 amide bonds. The van der Waals surface area contributed by atoms with Crippen LogP contribution < -0.4 is 0 Å². The lowest BCUT2D eigenvalue weighted by molar-refractivity contribution is -0.129. The van der Waals surface area contributed by atoms with Crippen LogP contribution in [0.25, 0.3) is 10.8 Å². The Balaban J connectivity index is 1.75. The largest absolute Gasteiger partial charge is 0.341 e. The molecule has 0 aliphatic rings. The Labute approximate surface area is 141 Å². The summed E-state index contributed by atoms with van der Waals surface area (Å²) in [6, 6.07) is 21.9. The molecule has 0 heterocycles. The zero-order valence-corrected chi connectivity index (χ0v) is 13.8. The fourth-order valence-electron chi connectivity index (χ4n) is 2.74. The standard InChI is InChI=1S/C20H18ClNO/c1-22(14-15-6-4-10-18(21)12-15)20(23)13-17-9-5-8-16-7-2-3-11-19(16)17/h2-12H,13-14H2,1H3. The molecule has 0 N–H and O–H groups in total. The summed E-state index contributed by atoms with van der Waals surface area (Å²) >= 11 is 6.00. The Morgan fingerprint density at radius 2 is 1.74 bits per heavy atom. The van der Waals surface area contributed by atoms with Crippen LogP contribution in [0.4, 0.5) is 0 Å². The van der Waals surface area contributed by atoms with Crippen molar-refractivity contribution in [2.24, 2.45) is 0 Å².